The van der Waals surface area contributed by atoms with Crippen molar-refractivity contribution in [2.24, 2.45) is 5.92 Å². The molecule has 3 aliphatic carbocycles. The standard InChI is InChI=1S/C30H35NO4/c32-23-12-11-22-18-25-30(34-17-5-10-20-6-2-1-3-7-20)14-13-24(33)28-29(30,26(22)27(23)35-28)15-16-31(25)19-21-8-4-9-21/h1-3,6-7,11-12,21,25,28,32H,4-5,8-10,13-19H2/t25-,28+,29+,30-/m1/s1. The van der Waals surface area contributed by atoms with Gasteiger partial charge in [-0.05, 0) is 74.6 Å². The number of phenols is 1. The maximum absolute atomic E-state index is 13.3. The van der Waals surface area contributed by atoms with Crippen LogP contribution in [0.4, 0.5) is 0 Å². The molecule has 5 nitrogen and oxygen atoms in total. The predicted octanol–water partition coefficient (Wildman–Crippen LogP) is 4.57. The molecule has 0 amide bonds. The Morgan fingerprint density at radius 1 is 1.11 bits per heavy atom. The molecule has 0 unspecified atom stereocenters. The number of Topliss-reactive ketones (excluding diaryl/α,β-unsaturated/α-hetero) is 1. The molecule has 2 saturated carbocycles. The average molecular weight is 474 g/mol. The quantitative estimate of drug-likeness (QED) is 0.597. The lowest BCUT2D eigenvalue weighted by molar-refractivity contribution is -0.215. The molecule has 35 heavy (non-hydrogen) atoms. The van der Waals surface area contributed by atoms with Gasteiger partial charge in [0.2, 0.25) is 0 Å². The molecular formula is C30H35NO4. The van der Waals surface area contributed by atoms with E-state index < -0.39 is 17.1 Å². The highest BCUT2D eigenvalue weighted by Crippen LogP contribution is 2.66. The molecule has 1 spiro atoms. The van der Waals surface area contributed by atoms with Gasteiger partial charge in [0.15, 0.2) is 23.4 Å². The number of carbonyl (C=O) groups excluding carboxylic acids is 1. The zero-order valence-electron chi connectivity index (χ0n) is 20.4. The Morgan fingerprint density at radius 2 is 1.97 bits per heavy atom. The molecule has 2 bridgehead atoms. The first-order chi connectivity index (χ1) is 17.1. The zero-order valence-corrected chi connectivity index (χ0v) is 20.4. The largest absolute Gasteiger partial charge is 0.504 e. The smallest absolute Gasteiger partial charge is 0.174 e. The number of carbonyl (C=O) groups is 1. The van der Waals surface area contributed by atoms with Gasteiger partial charge in [-0.25, -0.2) is 0 Å². The fraction of sp³-hybridized carbons (Fsp3) is 0.567. The van der Waals surface area contributed by atoms with Gasteiger partial charge in [0.25, 0.3) is 0 Å². The molecule has 0 aromatic heterocycles. The lowest BCUT2D eigenvalue weighted by atomic mass is 9.48. The van der Waals surface area contributed by atoms with Crippen LogP contribution in [0, 0.1) is 5.92 Å². The van der Waals surface area contributed by atoms with Crippen LogP contribution in [0.3, 0.4) is 0 Å². The molecule has 2 heterocycles. The lowest BCUT2D eigenvalue weighted by Gasteiger charge is -2.64. The number of ether oxygens (including phenoxy) is 2. The summed E-state index contributed by atoms with van der Waals surface area (Å²) in [5.41, 5.74) is 2.72. The van der Waals surface area contributed by atoms with Crippen LogP contribution in [0.15, 0.2) is 42.5 Å². The summed E-state index contributed by atoms with van der Waals surface area (Å²) in [6.45, 7) is 2.78. The fourth-order valence-corrected chi connectivity index (χ4v) is 8.08. The number of nitrogens with zero attached hydrogens (tertiary/aromatic N) is 1. The van der Waals surface area contributed by atoms with Gasteiger partial charge in [0.05, 0.1) is 11.0 Å². The van der Waals surface area contributed by atoms with Crippen LogP contribution in [0.25, 0.3) is 0 Å². The molecule has 4 atom stereocenters. The third kappa shape index (κ3) is 3.04. The molecule has 3 fully saturated rings. The highest BCUT2D eigenvalue weighted by atomic mass is 16.5. The van der Waals surface area contributed by atoms with E-state index in [1.807, 2.05) is 0 Å². The number of ketones is 1. The van der Waals surface area contributed by atoms with Crippen LogP contribution >= 0.6 is 0 Å². The number of phenolic OH excluding ortho intramolecular Hbond substituents is 1. The SMILES string of the molecule is O=C1CC[C@@]2(OCCCc3ccccc3)[C@H]3Cc4ccc(O)c5c4[C@@]2(CCN3CC2CCC2)[C@H]1O5. The number of aromatic hydroxyl groups is 1. The van der Waals surface area contributed by atoms with Crippen LogP contribution in [0.1, 0.15) is 61.6 Å². The van der Waals surface area contributed by atoms with Gasteiger partial charge < -0.3 is 14.6 Å². The number of aryl methyl sites for hydroxylation is 1. The topological polar surface area (TPSA) is 59.0 Å². The molecule has 5 aliphatic rings. The van der Waals surface area contributed by atoms with Gasteiger partial charge in [-0.15, -0.1) is 0 Å². The van der Waals surface area contributed by atoms with E-state index in [1.54, 1.807) is 6.07 Å². The van der Waals surface area contributed by atoms with Crippen LogP contribution in [-0.4, -0.2) is 53.2 Å². The Hall–Kier alpha value is -2.37. The van der Waals surface area contributed by atoms with Gasteiger partial charge in [-0.2, -0.15) is 0 Å². The molecule has 5 heteroatoms. The summed E-state index contributed by atoms with van der Waals surface area (Å²) < 4.78 is 13.5. The molecule has 2 aliphatic heterocycles. The number of benzene rings is 2. The fourth-order valence-electron chi connectivity index (χ4n) is 8.08. The molecule has 7 rings (SSSR count). The third-order valence-corrected chi connectivity index (χ3v) is 9.86. The van der Waals surface area contributed by atoms with E-state index in [-0.39, 0.29) is 17.6 Å². The van der Waals surface area contributed by atoms with Crippen molar-refractivity contribution in [1.29, 1.82) is 0 Å². The van der Waals surface area contributed by atoms with Crippen molar-refractivity contribution in [1.82, 2.24) is 4.90 Å². The van der Waals surface area contributed by atoms with Crippen molar-refractivity contribution in [3.63, 3.8) is 0 Å². The minimum absolute atomic E-state index is 0.161. The van der Waals surface area contributed by atoms with E-state index in [0.29, 0.717) is 18.8 Å². The van der Waals surface area contributed by atoms with Crippen LogP contribution < -0.4 is 4.74 Å². The average Bonchev–Trinajstić information content (AvgIpc) is 3.20. The van der Waals surface area contributed by atoms with Crippen molar-refractivity contribution in [2.45, 2.75) is 80.9 Å². The van der Waals surface area contributed by atoms with Crippen molar-refractivity contribution in [2.75, 3.05) is 19.7 Å². The number of likely N-dealkylation sites (tertiary alicyclic amines) is 1. The zero-order chi connectivity index (χ0) is 23.6. The number of hydrogen-bond donors (Lipinski definition) is 1. The maximum Gasteiger partial charge on any atom is 0.174 e. The monoisotopic (exact) mass is 473 g/mol. The third-order valence-electron chi connectivity index (χ3n) is 9.86. The summed E-state index contributed by atoms with van der Waals surface area (Å²) in [7, 11) is 0. The van der Waals surface area contributed by atoms with Crippen molar-refractivity contribution >= 4 is 5.78 Å². The molecule has 1 saturated heterocycles. The Kier molecular flexibility index (Phi) is 5.05. The Morgan fingerprint density at radius 3 is 2.77 bits per heavy atom. The Balaban J connectivity index is 1.27. The highest BCUT2D eigenvalue weighted by molar-refractivity contribution is 5.90. The van der Waals surface area contributed by atoms with Crippen molar-refractivity contribution in [3.8, 4) is 11.5 Å². The maximum atomic E-state index is 13.3. The first kappa shape index (κ1) is 21.9. The van der Waals surface area contributed by atoms with Gasteiger partial charge in [0.1, 0.15) is 0 Å². The van der Waals surface area contributed by atoms with Crippen LogP contribution in [0.5, 0.6) is 11.5 Å². The van der Waals surface area contributed by atoms with Crippen LogP contribution in [0.2, 0.25) is 0 Å². The normalized spacial score (nSPS) is 33.2. The van der Waals surface area contributed by atoms with Gasteiger partial charge >= 0.3 is 0 Å². The molecule has 2 aromatic rings. The summed E-state index contributed by atoms with van der Waals surface area (Å²) in [5.74, 6) is 1.67. The molecule has 184 valence electrons. The van der Waals surface area contributed by atoms with Crippen LogP contribution in [-0.2, 0) is 27.8 Å². The molecule has 0 radical (unpaired) electrons. The van der Waals surface area contributed by atoms with E-state index in [2.05, 4.69) is 41.3 Å². The summed E-state index contributed by atoms with van der Waals surface area (Å²) in [6.07, 6.45) is 8.41. The summed E-state index contributed by atoms with van der Waals surface area (Å²) in [6, 6.07) is 14.7. The Labute approximate surface area is 207 Å². The number of rotatable bonds is 7. The number of hydrogen-bond acceptors (Lipinski definition) is 5. The first-order valence-corrected chi connectivity index (χ1v) is 13.6. The van der Waals surface area contributed by atoms with E-state index in [1.165, 1.54) is 30.4 Å². The van der Waals surface area contributed by atoms with Gasteiger partial charge in [-0.1, -0.05) is 42.8 Å². The number of piperidine rings is 1. The first-order valence-electron chi connectivity index (χ1n) is 13.6. The van der Waals surface area contributed by atoms with Gasteiger partial charge in [0, 0.05) is 31.2 Å². The summed E-state index contributed by atoms with van der Waals surface area (Å²) >= 11 is 0. The lowest BCUT2D eigenvalue weighted by Crippen LogP contribution is -2.77. The van der Waals surface area contributed by atoms with E-state index >= 15 is 0 Å². The Bertz CT molecular complexity index is 1140. The molecule has 2 aromatic carbocycles. The molecule has 1 N–H and O–H groups in total. The second kappa shape index (κ2) is 8.07. The summed E-state index contributed by atoms with van der Waals surface area (Å²) in [5, 5.41) is 10.7. The van der Waals surface area contributed by atoms with E-state index in [4.69, 9.17) is 9.47 Å². The predicted molar refractivity (Wildman–Crippen MR) is 133 cm³/mol. The second-order valence-electron chi connectivity index (χ2n) is 11.5. The van der Waals surface area contributed by atoms with Gasteiger partial charge in [-0.3, -0.25) is 9.69 Å². The molecular weight excluding hydrogens is 438 g/mol. The minimum atomic E-state index is -0.541. The van der Waals surface area contributed by atoms with Crippen molar-refractivity contribution in [3.05, 3.63) is 59.2 Å². The van der Waals surface area contributed by atoms with E-state index in [0.717, 1.165) is 56.7 Å². The van der Waals surface area contributed by atoms with E-state index in [9.17, 15) is 9.90 Å². The summed E-state index contributed by atoms with van der Waals surface area (Å²) in [4.78, 5) is 16.0. The second-order valence-corrected chi connectivity index (χ2v) is 11.5. The minimum Gasteiger partial charge on any atom is -0.504 e. The van der Waals surface area contributed by atoms with Crippen molar-refractivity contribution < 1.29 is 19.4 Å². The highest BCUT2D eigenvalue weighted by Gasteiger charge is 2.74.